The van der Waals surface area contributed by atoms with Crippen molar-refractivity contribution < 1.29 is 4.39 Å². The third-order valence-corrected chi connectivity index (χ3v) is 8.06. The van der Waals surface area contributed by atoms with Gasteiger partial charge in [-0.2, -0.15) is 0 Å². The van der Waals surface area contributed by atoms with Gasteiger partial charge in [-0.15, -0.1) is 0 Å². The van der Waals surface area contributed by atoms with Gasteiger partial charge in [-0.1, -0.05) is 64.2 Å². The minimum atomic E-state index is -1.73. The van der Waals surface area contributed by atoms with Crippen LogP contribution in [0.2, 0.25) is 13.1 Å². The summed E-state index contributed by atoms with van der Waals surface area (Å²) in [4.78, 5) is 0. The maximum Gasteiger partial charge on any atom is 0.130 e. The van der Waals surface area contributed by atoms with E-state index in [1.807, 2.05) is 6.07 Å². The van der Waals surface area contributed by atoms with Crippen molar-refractivity contribution in [2.45, 2.75) is 39.3 Å². The Morgan fingerprint density at radius 3 is 2.30 bits per heavy atom. The van der Waals surface area contributed by atoms with E-state index < -0.39 is 8.07 Å². The fraction of sp³-hybridized carbons (Fsp3) is 0.333. The average Bonchev–Trinajstić information content (AvgIpc) is 2.58. The molecule has 0 atom stereocenters. The minimum Gasteiger partial charge on any atom is -0.206 e. The molecule has 1 heterocycles. The normalized spacial score (nSPS) is 15.9. The Hall–Kier alpha value is -1.41. The van der Waals surface area contributed by atoms with Crippen molar-refractivity contribution in [1.29, 1.82) is 0 Å². The molecule has 1 aliphatic heterocycles. The number of benzene rings is 2. The van der Waals surface area contributed by atoms with E-state index >= 15 is 0 Å². The molecule has 0 unspecified atom stereocenters. The topological polar surface area (TPSA) is 0 Å². The van der Waals surface area contributed by atoms with Gasteiger partial charge in [0.25, 0.3) is 0 Å². The minimum absolute atomic E-state index is 0.0760. The van der Waals surface area contributed by atoms with Gasteiger partial charge in [0.2, 0.25) is 0 Å². The molecule has 0 aliphatic carbocycles. The lowest BCUT2D eigenvalue weighted by Gasteiger charge is -2.22. The van der Waals surface area contributed by atoms with Gasteiger partial charge in [-0.3, -0.25) is 0 Å². The monoisotopic (exact) mass is 284 g/mol. The highest BCUT2D eigenvalue weighted by Gasteiger charge is 2.39. The standard InChI is InChI=1S/C18H21FSi/c1-18(2,3)12-9-10-15-13(11-12)17-14(19)7-6-8-16(17)20(15,4)5/h6-11H,1-5H3. The van der Waals surface area contributed by atoms with Crippen molar-refractivity contribution in [1.82, 2.24) is 0 Å². The van der Waals surface area contributed by atoms with Crippen LogP contribution in [0.3, 0.4) is 0 Å². The van der Waals surface area contributed by atoms with Crippen molar-refractivity contribution in [2.24, 2.45) is 0 Å². The first-order valence-electron chi connectivity index (χ1n) is 7.17. The van der Waals surface area contributed by atoms with Crippen LogP contribution in [-0.4, -0.2) is 8.07 Å². The third-order valence-electron chi connectivity index (χ3n) is 4.52. The van der Waals surface area contributed by atoms with Gasteiger partial charge in [-0.25, -0.2) is 4.39 Å². The molecule has 0 amide bonds. The van der Waals surface area contributed by atoms with Crippen LogP contribution in [0.1, 0.15) is 26.3 Å². The molecule has 0 nitrogen and oxygen atoms in total. The predicted octanol–water partition coefficient (Wildman–Crippen LogP) is 3.93. The second kappa shape index (κ2) is 4.04. The van der Waals surface area contributed by atoms with Crippen molar-refractivity contribution in [3.63, 3.8) is 0 Å². The average molecular weight is 284 g/mol. The van der Waals surface area contributed by atoms with Crippen molar-refractivity contribution in [3.8, 4) is 11.1 Å². The van der Waals surface area contributed by atoms with Crippen LogP contribution >= 0.6 is 0 Å². The Bertz CT molecular complexity index is 693. The Morgan fingerprint density at radius 2 is 1.65 bits per heavy atom. The molecule has 0 saturated heterocycles. The lowest BCUT2D eigenvalue weighted by molar-refractivity contribution is 0.590. The van der Waals surface area contributed by atoms with Gasteiger partial charge in [0, 0.05) is 5.56 Å². The number of rotatable bonds is 0. The van der Waals surface area contributed by atoms with Gasteiger partial charge in [-0.05, 0) is 33.0 Å². The summed E-state index contributed by atoms with van der Waals surface area (Å²) < 4.78 is 14.4. The van der Waals surface area contributed by atoms with Crippen LogP contribution in [0.15, 0.2) is 36.4 Å². The van der Waals surface area contributed by atoms with Crippen LogP contribution in [-0.2, 0) is 5.41 Å². The maximum atomic E-state index is 14.4. The summed E-state index contributed by atoms with van der Waals surface area (Å²) >= 11 is 0. The molecule has 0 radical (unpaired) electrons. The first kappa shape index (κ1) is 13.6. The van der Waals surface area contributed by atoms with E-state index in [4.69, 9.17) is 0 Å². The number of hydrogen-bond donors (Lipinski definition) is 0. The van der Waals surface area contributed by atoms with E-state index in [0.717, 1.165) is 11.1 Å². The zero-order valence-electron chi connectivity index (χ0n) is 12.8. The highest BCUT2D eigenvalue weighted by molar-refractivity contribution is 7.03. The summed E-state index contributed by atoms with van der Waals surface area (Å²) in [6, 6.07) is 12.2. The second-order valence-electron chi connectivity index (χ2n) is 7.30. The smallest absolute Gasteiger partial charge is 0.130 e. The highest BCUT2D eigenvalue weighted by atomic mass is 28.3. The van der Waals surface area contributed by atoms with E-state index in [2.05, 4.69) is 58.1 Å². The van der Waals surface area contributed by atoms with Gasteiger partial charge in [0.05, 0.1) is 0 Å². The van der Waals surface area contributed by atoms with E-state index in [1.165, 1.54) is 15.9 Å². The first-order valence-corrected chi connectivity index (χ1v) is 10.2. The van der Waals surface area contributed by atoms with E-state index in [9.17, 15) is 4.39 Å². The molecule has 1 aliphatic rings. The molecule has 0 spiro atoms. The Balaban J connectivity index is 2.34. The zero-order valence-corrected chi connectivity index (χ0v) is 13.8. The van der Waals surface area contributed by atoms with Gasteiger partial charge < -0.3 is 0 Å². The van der Waals surface area contributed by atoms with Crippen LogP contribution in [0.4, 0.5) is 4.39 Å². The molecule has 104 valence electrons. The van der Waals surface area contributed by atoms with E-state index in [0.29, 0.717) is 0 Å². The quantitative estimate of drug-likeness (QED) is 0.643. The van der Waals surface area contributed by atoms with Gasteiger partial charge in [0.15, 0.2) is 0 Å². The maximum absolute atomic E-state index is 14.4. The molecule has 0 saturated carbocycles. The summed E-state index contributed by atoms with van der Waals surface area (Å²) in [6.45, 7) is 11.2. The highest BCUT2D eigenvalue weighted by Crippen LogP contribution is 2.33. The summed E-state index contributed by atoms with van der Waals surface area (Å²) in [5.74, 6) is -0.0760. The Kier molecular flexibility index (Phi) is 2.74. The first-order chi connectivity index (χ1) is 9.23. The summed E-state index contributed by atoms with van der Waals surface area (Å²) in [5.41, 5.74) is 3.35. The molecule has 0 N–H and O–H groups in total. The fourth-order valence-electron chi connectivity index (χ4n) is 3.23. The zero-order chi connectivity index (χ0) is 14.7. The van der Waals surface area contributed by atoms with Crippen molar-refractivity contribution in [2.75, 3.05) is 0 Å². The largest absolute Gasteiger partial charge is 0.206 e. The summed E-state index contributed by atoms with van der Waals surface area (Å²) in [7, 11) is -1.73. The van der Waals surface area contributed by atoms with E-state index in [1.54, 1.807) is 6.07 Å². The van der Waals surface area contributed by atoms with Gasteiger partial charge >= 0.3 is 0 Å². The molecular weight excluding hydrogens is 263 g/mol. The van der Waals surface area contributed by atoms with Crippen molar-refractivity contribution >= 4 is 18.4 Å². The van der Waals surface area contributed by atoms with Crippen LogP contribution < -0.4 is 10.4 Å². The Morgan fingerprint density at radius 1 is 0.950 bits per heavy atom. The Labute approximate surface area is 121 Å². The number of halogens is 1. The van der Waals surface area contributed by atoms with Crippen LogP contribution in [0.25, 0.3) is 11.1 Å². The third kappa shape index (κ3) is 1.78. The molecule has 0 bridgehead atoms. The molecule has 3 rings (SSSR count). The van der Waals surface area contributed by atoms with Crippen LogP contribution in [0.5, 0.6) is 0 Å². The van der Waals surface area contributed by atoms with Crippen molar-refractivity contribution in [3.05, 3.63) is 47.8 Å². The molecule has 0 fully saturated rings. The molecule has 20 heavy (non-hydrogen) atoms. The second-order valence-corrected chi connectivity index (χ2v) is 11.6. The lowest BCUT2D eigenvalue weighted by Crippen LogP contribution is -2.49. The molecular formula is C18H21FSi. The molecule has 2 aromatic rings. The summed E-state index contributed by atoms with van der Waals surface area (Å²) in [5, 5.41) is 2.60. The predicted molar refractivity (Wildman–Crippen MR) is 87.3 cm³/mol. The lowest BCUT2D eigenvalue weighted by atomic mass is 9.85. The molecule has 0 aromatic heterocycles. The number of hydrogen-bond acceptors (Lipinski definition) is 0. The number of fused-ring (bicyclic) bond motifs is 3. The van der Waals surface area contributed by atoms with Gasteiger partial charge in [0.1, 0.15) is 13.9 Å². The SMILES string of the molecule is CC(C)(C)c1ccc2c(c1)-c1c(F)cccc1[Si]2(C)C. The molecule has 2 heteroatoms. The molecule has 2 aromatic carbocycles. The fourth-order valence-corrected chi connectivity index (χ4v) is 6.28. The summed E-state index contributed by atoms with van der Waals surface area (Å²) in [6.07, 6.45) is 0. The van der Waals surface area contributed by atoms with E-state index in [-0.39, 0.29) is 11.2 Å². The van der Waals surface area contributed by atoms with Crippen LogP contribution in [0, 0.1) is 5.82 Å².